The molecule has 3 N–H and O–H groups in total. The van der Waals surface area contributed by atoms with E-state index in [1.54, 1.807) is 29.3 Å². The molecule has 0 bridgehead atoms. The van der Waals surface area contributed by atoms with E-state index >= 15 is 0 Å². The molecular weight excluding hydrogens is 546 g/mol. The predicted molar refractivity (Wildman–Crippen MR) is 164 cm³/mol. The van der Waals surface area contributed by atoms with Gasteiger partial charge in [-0.2, -0.15) is 9.97 Å². The third-order valence-corrected chi connectivity index (χ3v) is 7.07. The number of rotatable bonds is 10. The molecule has 1 atom stereocenters. The van der Waals surface area contributed by atoms with Crippen LogP contribution < -0.4 is 16.2 Å². The highest BCUT2D eigenvalue weighted by Crippen LogP contribution is 2.31. The van der Waals surface area contributed by atoms with Crippen molar-refractivity contribution in [1.29, 1.82) is 0 Å². The van der Waals surface area contributed by atoms with Gasteiger partial charge in [0.1, 0.15) is 11.4 Å². The van der Waals surface area contributed by atoms with Gasteiger partial charge in [0, 0.05) is 42.4 Å². The predicted octanol–water partition coefficient (Wildman–Crippen LogP) is 5.19. The molecule has 4 heterocycles. The van der Waals surface area contributed by atoms with Gasteiger partial charge in [-0.3, -0.25) is 14.5 Å². The number of fused-ring (bicyclic) bond motifs is 1. The van der Waals surface area contributed by atoms with Crippen LogP contribution >= 0.6 is 0 Å². The second-order valence-corrected chi connectivity index (χ2v) is 10.2. The molecule has 2 aromatic carbocycles. The number of pyridine rings is 1. The van der Waals surface area contributed by atoms with Crippen molar-refractivity contribution in [3.63, 3.8) is 0 Å². The number of anilines is 3. The molecule has 0 aliphatic rings. The van der Waals surface area contributed by atoms with Gasteiger partial charge in [0.2, 0.25) is 11.8 Å². The monoisotopic (exact) mass is 577 g/mol. The highest BCUT2D eigenvalue weighted by molar-refractivity contribution is 5.83. The van der Waals surface area contributed by atoms with Gasteiger partial charge in [0.15, 0.2) is 0 Å². The molecule has 12 nitrogen and oxygen atoms in total. The Morgan fingerprint density at radius 2 is 1.86 bits per heavy atom. The van der Waals surface area contributed by atoms with E-state index in [0.29, 0.717) is 46.3 Å². The lowest BCUT2D eigenvalue weighted by Crippen LogP contribution is -2.23. The van der Waals surface area contributed by atoms with E-state index in [1.165, 1.54) is 0 Å². The van der Waals surface area contributed by atoms with Gasteiger partial charge in [0.05, 0.1) is 23.6 Å². The number of benzene rings is 2. The zero-order chi connectivity index (χ0) is 29.9. The molecule has 218 valence electrons. The van der Waals surface area contributed by atoms with Crippen molar-refractivity contribution in [1.82, 2.24) is 34.5 Å². The van der Waals surface area contributed by atoms with Crippen LogP contribution in [0.5, 0.6) is 0 Å². The molecule has 0 radical (unpaired) electrons. The van der Waals surface area contributed by atoms with E-state index in [9.17, 15) is 9.90 Å². The Labute approximate surface area is 247 Å². The van der Waals surface area contributed by atoms with Crippen LogP contribution in [0.1, 0.15) is 38.4 Å². The van der Waals surface area contributed by atoms with E-state index in [4.69, 9.17) is 9.51 Å². The topological polar surface area (TPSA) is 149 Å². The largest absolute Gasteiger partial charge is 0.394 e. The summed E-state index contributed by atoms with van der Waals surface area (Å²) >= 11 is 0. The number of nitrogens with one attached hydrogen (secondary N) is 2. The molecule has 0 spiro atoms. The molecule has 6 rings (SSSR count). The first kappa shape index (κ1) is 27.8. The second kappa shape index (κ2) is 11.9. The minimum Gasteiger partial charge on any atom is -0.394 e. The minimum atomic E-state index is -0.464. The van der Waals surface area contributed by atoms with Crippen molar-refractivity contribution in [2.75, 3.05) is 17.2 Å². The lowest BCUT2D eigenvalue weighted by Gasteiger charge is -2.19. The first-order valence-corrected chi connectivity index (χ1v) is 14.0. The molecule has 4 aromatic heterocycles. The van der Waals surface area contributed by atoms with Gasteiger partial charge in [0.25, 0.3) is 11.4 Å². The van der Waals surface area contributed by atoms with Crippen molar-refractivity contribution in [2.45, 2.75) is 39.4 Å². The summed E-state index contributed by atoms with van der Waals surface area (Å²) in [4.78, 5) is 30.9. The minimum absolute atomic E-state index is 0.0222. The van der Waals surface area contributed by atoms with Gasteiger partial charge < -0.3 is 20.3 Å². The zero-order valence-corrected chi connectivity index (χ0v) is 24.0. The number of hydrogen-bond donors (Lipinski definition) is 3. The van der Waals surface area contributed by atoms with Gasteiger partial charge in [-0.1, -0.05) is 35.5 Å². The molecule has 0 fully saturated rings. The van der Waals surface area contributed by atoms with Crippen LogP contribution in [0.25, 0.3) is 33.7 Å². The Kier molecular flexibility index (Phi) is 7.67. The molecule has 0 saturated carbocycles. The maximum atomic E-state index is 13.0. The molecule has 0 aliphatic carbocycles. The highest BCUT2D eigenvalue weighted by atomic mass is 16.5. The molecule has 43 heavy (non-hydrogen) atoms. The normalized spacial score (nSPS) is 12.1. The summed E-state index contributed by atoms with van der Waals surface area (Å²) in [5.41, 5.74) is 3.56. The molecule has 0 aliphatic heterocycles. The average Bonchev–Trinajstić information content (AvgIpc) is 3.63. The smallest absolute Gasteiger partial charge is 0.274 e. The van der Waals surface area contributed by atoms with Gasteiger partial charge in [-0.05, 0) is 56.7 Å². The second-order valence-electron chi connectivity index (χ2n) is 10.2. The van der Waals surface area contributed by atoms with Crippen LogP contribution in [-0.2, 0) is 6.54 Å². The van der Waals surface area contributed by atoms with Crippen molar-refractivity contribution >= 4 is 28.4 Å². The Morgan fingerprint density at radius 1 is 1.02 bits per heavy atom. The summed E-state index contributed by atoms with van der Waals surface area (Å²) < 4.78 is 9.35. The summed E-state index contributed by atoms with van der Waals surface area (Å²) in [6, 6.07) is 18.4. The van der Waals surface area contributed by atoms with Crippen molar-refractivity contribution in [3.05, 3.63) is 95.2 Å². The van der Waals surface area contributed by atoms with Crippen LogP contribution in [0, 0.1) is 0 Å². The maximum absolute atomic E-state index is 13.0. The highest BCUT2D eigenvalue weighted by Gasteiger charge is 2.21. The number of nitrogens with zero attached hydrogens (tertiary/aromatic N) is 7. The SMILES string of the molecule is CCn1c(=O)c2ccc(Nc3ncc(-c4nc(-c5cccnc5)no4)c(N[C@H](CO)c4ccccc4)n3)cc2n1C(C)C. The fourth-order valence-corrected chi connectivity index (χ4v) is 5.07. The Bertz CT molecular complexity index is 1910. The molecular formula is C31H31N9O3. The first-order valence-electron chi connectivity index (χ1n) is 14.0. The van der Waals surface area contributed by atoms with E-state index in [-0.39, 0.29) is 24.1 Å². The summed E-state index contributed by atoms with van der Waals surface area (Å²) in [6.07, 6.45) is 4.91. The van der Waals surface area contributed by atoms with Crippen molar-refractivity contribution in [2.24, 2.45) is 0 Å². The van der Waals surface area contributed by atoms with E-state index in [2.05, 4.69) is 30.7 Å². The lowest BCUT2D eigenvalue weighted by atomic mass is 10.1. The van der Waals surface area contributed by atoms with Crippen molar-refractivity contribution < 1.29 is 9.63 Å². The summed E-state index contributed by atoms with van der Waals surface area (Å²) in [5, 5.41) is 21.6. The van der Waals surface area contributed by atoms with Crippen LogP contribution in [0.2, 0.25) is 0 Å². The first-order chi connectivity index (χ1) is 21.0. The maximum Gasteiger partial charge on any atom is 0.274 e. The van der Waals surface area contributed by atoms with Gasteiger partial charge in [-0.25, -0.2) is 9.67 Å². The van der Waals surface area contributed by atoms with E-state index < -0.39 is 6.04 Å². The standard InChI is InChI=1S/C31H31N9O3/c1-4-39-30(42)23-13-12-22(15-26(23)40(39)19(2)3)34-31-33-17-24(29-36-27(38-43-29)21-11-8-14-32-16-21)28(37-31)35-25(18-41)20-9-6-5-7-10-20/h5-17,19,25,41H,4,18H2,1-3H3,(H2,33,34,35,37)/t25-/m1/s1. The Hall–Kier alpha value is -5.36. The summed E-state index contributed by atoms with van der Waals surface area (Å²) in [6.45, 7) is 6.44. The lowest BCUT2D eigenvalue weighted by molar-refractivity contribution is 0.276. The number of aliphatic hydroxyl groups is 1. The van der Waals surface area contributed by atoms with Crippen LogP contribution in [0.4, 0.5) is 17.5 Å². The van der Waals surface area contributed by atoms with Crippen LogP contribution in [-0.4, -0.2) is 46.2 Å². The van der Waals surface area contributed by atoms with Gasteiger partial charge in [-0.15, -0.1) is 0 Å². The number of aromatic nitrogens is 7. The summed E-state index contributed by atoms with van der Waals surface area (Å²) in [7, 11) is 0. The molecule has 0 amide bonds. The third kappa shape index (κ3) is 5.47. The Morgan fingerprint density at radius 3 is 2.58 bits per heavy atom. The van der Waals surface area contributed by atoms with Crippen LogP contribution in [0.3, 0.4) is 0 Å². The number of aliphatic hydroxyl groups excluding tert-OH is 1. The quantitative estimate of drug-likeness (QED) is 0.198. The number of hydrogen-bond acceptors (Lipinski definition) is 10. The van der Waals surface area contributed by atoms with E-state index in [0.717, 1.165) is 11.1 Å². The van der Waals surface area contributed by atoms with Gasteiger partial charge >= 0.3 is 0 Å². The fraction of sp³-hybridized carbons (Fsp3) is 0.226. The van der Waals surface area contributed by atoms with E-state index in [1.807, 2.05) is 80.1 Å². The Balaban J connectivity index is 1.39. The molecule has 12 heteroatoms. The summed E-state index contributed by atoms with van der Waals surface area (Å²) in [5.74, 6) is 1.28. The average molecular weight is 578 g/mol. The fourth-order valence-electron chi connectivity index (χ4n) is 5.07. The third-order valence-electron chi connectivity index (χ3n) is 7.07. The van der Waals surface area contributed by atoms with Crippen molar-refractivity contribution in [3.8, 4) is 22.8 Å². The zero-order valence-electron chi connectivity index (χ0n) is 24.0. The molecule has 6 aromatic rings. The molecule has 0 unspecified atom stereocenters. The van der Waals surface area contributed by atoms with Crippen LogP contribution in [0.15, 0.2) is 88.6 Å². The molecule has 0 saturated heterocycles.